The van der Waals surface area contributed by atoms with Crippen molar-refractivity contribution in [2.45, 2.75) is 32.1 Å². The van der Waals surface area contributed by atoms with Crippen molar-refractivity contribution >= 4 is 28.9 Å². The maximum atomic E-state index is 10.6. The maximum absolute atomic E-state index is 10.6. The molecule has 26 heavy (non-hydrogen) atoms. The number of aromatic nitrogens is 1. The van der Waals surface area contributed by atoms with Gasteiger partial charge >= 0.3 is 5.97 Å². The zero-order valence-electron chi connectivity index (χ0n) is 14.3. The first kappa shape index (κ1) is 18.6. The van der Waals surface area contributed by atoms with Crippen molar-refractivity contribution in [1.29, 1.82) is 0 Å². The van der Waals surface area contributed by atoms with E-state index in [1.807, 2.05) is 42.5 Å². The van der Waals surface area contributed by atoms with Gasteiger partial charge in [-0.2, -0.15) is 0 Å². The maximum Gasteiger partial charge on any atom is 0.303 e. The van der Waals surface area contributed by atoms with E-state index in [2.05, 4.69) is 12.1 Å². The lowest BCUT2D eigenvalue weighted by Crippen LogP contribution is -1.94. The van der Waals surface area contributed by atoms with Crippen molar-refractivity contribution in [2.75, 3.05) is 0 Å². The van der Waals surface area contributed by atoms with Crippen LogP contribution in [0.3, 0.4) is 0 Å². The fourth-order valence-electron chi connectivity index (χ4n) is 2.79. The third-order valence-corrected chi connectivity index (χ3v) is 5.52. The quantitative estimate of drug-likeness (QED) is 0.461. The SMILES string of the molecule is O=C(O)CCCCCc1nc(-c2ccc(Cl)cc2)c(-c2ccccc2)s1. The number of aryl methyl sites for hydroxylation is 1. The van der Waals surface area contributed by atoms with E-state index in [1.54, 1.807) is 11.3 Å². The van der Waals surface area contributed by atoms with E-state index in [0.717, 1.165) is 52.4 Å². The van der Waals surface area contributed by atoms with Crippen LogP contribution < -0.4 is 0 Å². The summed E-state index contributed by atoms with van der Waals surface area (Å²) in [5.74, 6) is -0.726. The second-order valence-corrected chi connectivity index (χ2v) is 7.63. The van der Waals surface area contributed by atoms with Crippen molar-refractivity contribution in [3.63, 3.8) is 0 Å². The van der Waals surface area contributed by atoms with E-state index < -0.39 is 5.97 Å². The van der Waals surface area contributed by atoms with Gasteiger partial charge in [-0.15, -0.1) is 11.3 Å². The summed E-state index contributed by atoms with van der Waals surface area (Å²) in [7, 11) is 0. The van der Waals surface area contributed by atoms with Crippen LogP contribution in [0.2, 0.25) is 5.02 Å². The fraction of sp³-hybridized carbons (Fsp3) is 0.238. The van der Waals surface area contributed by atoms with Crippen molar-refractivity contribution in [3.8, 4) is 21.7 Å². The molecule has 0 fully saturated rings. The van der Waals surface area contributed by atoms with Crippen LogP contribution in [0.15, 0.2) is 54.6 Å². The van der Waals surface area contributed by atoms with E-state index in [4.69, 9.17) is 21.7 Å². The highest BCUT2D eigenvalue weighted by Crippen LogP contribution is 2.37. The topological polar surface area (TPSA) is 50.2 Å². The van der Waals surface area contributed by atoms with Crippen molar-refractivity contribution in [1.82, 2.24) is 4.98 Å². The largest absolute Gasteiger partial charge is 0.481 e. The molecule has 0 radical (unpaired) electrons. The van der Waals surface area contributed by atoms with Crippen molar-refractivity contribution < 1.29 is 9.90 Å². The predicted octanol–water partition coefficient (Wildman–Crippen LogP) is 6.32. The van der Waals surface area contributed by atoms with Crippen LogP contribution in [0.5, 0.6) is 0 Å². The summed E-state index contributed by atoms with van der Waals surface area (Å²) in [5, 5.41) is 10.5. The lowest BCUT2D eigenvalue weighted by atomic mass is 10.1. The highest BCUT2D eigenvalue weighted by atomic mass is 35.5. The van der Waals surface area contributed by atoms with Gasteiger partial charge in [0.05, 0.1) is 15.6 Å². The summed E-state index contributed by atoms with van der Waals surface area (Å²) < 4.78 is 0. The normalized spacial score (nSPS) is 10.8. The van der Waals surface area contributed by atoms with Gasteiger partial charge in [-0.3, -0.25) is 4.79 Å². The number of carboxylic acids is 1. The number of aliphatic carboxylic acids is 1. The molecule has 0 atom stereocenters. The fourth-order valence-corrected chi connectivity index (χ4v) is 4.05. The average molecular weight is 386 g/mol. The number of hydrogen-bond acceptors (Lipinski definition) is 3. The van der Waals surface area contributed by atoms with Gasteiger partial charge in [0.1, 0.15) is 0 Å². The smallest absolute Gasteiger partial charge is 0.303 e. The zero-order chi connectivity index (χ0) is 18.4. The van der Waals surface area contributed by atoms with Crippen LogP contribution in [0, 0.1) is 0 Å². The molecular formula is C21H20ClNO2S. The first-order chi connectivity index (χ1) is 12.6. The molecule has 0 aliphatic rings. The van der Waals surface area contributed by atoms with E-state index in [0.29, 0.717) is 5.02 Å². The lowest BCUT2D eigenvalue weighted by Gasteiger charge is -2.03. The van der Waals surface area contributed by atoms with Gasteiger partial charge in [0.25, 0.3) is 0 Å². The van der Waals surface area contributed by atoms with Gasteiger partial charge in [-0.1, -0.05) is 60.5 Å². The Morgan fingerprint density at radius 1 is 0.962 bits per heavy atom. The highest BCUT2D eigenvalue weighted by Gasteiger charge is 2.14. The molecule has 3 aromatic rings. The first-order valence-corrected chi connectivity index (χ1v) is 9.86. The van der Waals surface area contributed by atoms with E-state index in [1.165, 1.54) is 0 Å². The van der Waals surface area contributed by atoms with Crippen molar-refractivity contribution in [3.05, 3.63) is 64.6 Å². The third-order valence-electron chi connectivity index (χ3n) is 4.11. The Balaban J connectivity index is 1.81. The van der Waals surface area contributed by atoms with Crippen LogP contribution in [-0.2, 0) is 11.2 Å². The van der Waals surface area contributed by atoms with E-state index in [-0.39, 0.29) is 6.42 Å². The van der Waals surface area contributed by atoms with Crippen LogP contribution in [0.1, 0.15) is 30.7 Å². The first-order valence-electron chi connectivity index (χ1n) is 8.66. The highest BCUT2D eigenvalue weighted by molar-refractivity contribution is 7.15. The van der Waals surface area contributed by atoms with Gasteiger partial charge < -0.3 is 5.11 Å². The van der Waals surface area contributed by atoms with Gasteiger partial charge in [0, 0.05) is 17.0 Å². The summed E-state index contributed by atoms with van der Waals surface area (Å²) in [4.78, 5) is 16.6. The van der Waals surface area contributed by atoms with E-state index in [9.17, 15) is 4.79 Å². The monoisotopic (exact) mass is 385 g/mol. The number of carbonyl (C=O) groups is 1. The Morgan fingerprint density at radius 2 is 1.69 bits per heavy atom. The number of rotatable bonds is 8. The van der Waals surface area contributed by atoms with Crippen LogP contribution in [0.25, 0.3) is 21.7 Å². The van der Waals surface area contributed by atoms with Gasteiger partial charge in [-0.25, -0.2) is 4.98 Å². The molecule has 3 rings (SSSR count). The molecule has 0 saturated heterocycles. The summed E-state index contributed by atoms with van der Waals surface area (Å²) in [5.41, 5.74) is 3.20. The summed E-state index contributed by atoms with van der Waals surface area (Å²) >= 11 is 7.74. The number of thiazole rings is 1. The predicted molar refractivity (Wildman–Crippen MR) is 108 cm³/mol. The number of halogens is 1. The minimum Gasteiger partial charge on any atom is -0.481 e. The Kier molecular flexibility index (Phi) is 6.42. The molecule has 0 aliphatic heterocycles. The molecule has 0 unspecified atom stereocenters. The molecule has 1 N–H and O–H groups in total. The van der Waals surface area contributed by atoms with E-state index >= 15 is 0 Å². The molecule has 0 bridgehead atoms. The molecule has 3 nitrogen and oxygen atoms in total. The number of unbranched alkanes of at least 4 members (excludes halogenated alkanes) is 2. The molecule has 0 spiro atoms. The molecular weight excluding hydrogens is 366 g/mol. The molecule has 0 aliphatic carbocycles. The lowest BCUT2D eigenvalue weighted by molar-refractivity contribution is -0.137. The molecule has 0 saturated carbocycles. The number of hydrogen-bond donors (Lipinski definition) is 1. The minimum absolute atomic E-state index is 0.239. The Hall–Kier alpha value is -2.17. The van der Waals surface area contributed by atoms with Crippen LogP contribution >= 0.6 is 22.9 Å². The van der Waals surface area contributed by atoms with Crippen molar-refractivity contribution in [2.24, 2.45) is 0 Å². The number of carboxylic acid groups (broad SMARTS) is 1. The summed E-state index contributed by atoms with van der Waals surface area (Å²) in [6, 6.07) is 18.1. The van der Waals surface area contributed by atoms with Gasteiger partial charge in [0.2, 0.25) is 0 Å². The standard InChI is InChI=1S/C21H20ClNO2S/c22-17-13-11-15(12-14-17)20-21(16-7-3-1-4-8-16)26-18(23-20)9-5-2-6-10-19(24)25/h1,3-4,7-8,11-14H,2,5-6,9-10H2,(H,24,25). The summed E-state index contributed by atoms with van der Waals surface area (Å²) in [6.45, 7) is 0. The van der Waals surface area contributed by atoms with Crippen LogP contribution in [-0.4, -0.2) is 16.1 Å². The Labute approximate surface area is 162 Å². The molecule has 5 heteroatoms. The minimum atomic E-state index is -0.726. The zero-order valence-corrected chi connectivity index (χ0v) is 15.9. The second kappa shape index (κ2) is 8.97. The molecule has 134 valence electrons. The molecule has 2 aromatic carbocycles. The molecule has 0 amide bonds. The Bertz CT molecular complexity index is 859. The second-order valence-electron chi connectivity index (χ2n) is 6.11. The number of benzene rings is 2. The molecule has 1 heterocycles. The molecule has 1 aromatic heterocycles. The van der Waals surface area contributed by atoms with Crippen LogP contribution in [0.4, 0.5) is 0 Å². The third kappa shape index (κ3) is 4.93. The summed E-state index contributed by atoms with van der Waals surface area (Å²) in [6.07, 6.45) is 3.69. The average Bonchev–Trinajstić information content (AvgIpc) is 3.07. The van der Waals surface area contributed by atoms with Gasteiger partial charge in [-0.05, 0) is 37.0 Å². The van der Waals surface area contributed by atoms with Gasteiger partial charge in [0.15, 0.2) is 0 Å². The Morgan fingerprint density at radius 3 is 2.38 bits per heavy atom. The number of nitrogens with zero attached hydrogens (tertiary/aromatic N) is 1.